The van der Waals surface area contributed by atoms with Crippen LogP contribution in [0.3, 0.4) is 0 Å². The van der Waals surface area contributed by atoms with Crippen molar-refractivity contribution in [3.05, 3.63) is 59.4 Å². The second kappa shape index (κ2) is 7.56. The van der Waals surface area contributed by atoms with E-state index in [-0.39, 0.29) is 31.2 Å². The number of hydrogen-bond acceptors (Lipinski definition) is 4. The highest BCUT2D eigenvalue weighted by Crippen LogP contribution is 2.26. The number of ether oxygens (including phenoxy) is 2. The van der Waals surface area contributed by atoms with Gasteiger partial charge in [-0.25, -0.2) is 4.39 Å². The molecule has 3 rings (SSSR count). The van der Waals surface area contributed by atoms with Crippen LogP contribution in [0.2, 0.25) is 0 Å². The SMILES string of the molecule is COc1ccc(COC(=O)[C@H]2CC(=O)N(c3ccc(C)cc3)C2)cc1F. The zero-order chi connectivity index (χ0) is 18.7. The van der Waals surface area contributed by atoms with E-state index in [0.717, 1.165) is 11.3 Å². The van der Waals surface area contributed by atoms with Crippen LogP contribution in [-0.2, 0) is 20.9 Å². The van der Waals surface area contributed by atoms with E-state index in [1.165, 1.54) is 19.2 Å². The number of halogens is 1. The fourth-order valence-corrected chi connectivity index (χ4v) is 2.91. The first kappa shape index (κ1) is 17.9. The number of hydrogen-bond donors (Lipinski definition) is 0. The van der Waals surface area contributed by atoms with Gasteiger partial charge in [0.25, 0.3) is 0 Å². The number of anilines is 1. The zero-order valence-electron chi connectivity index (χ0n) is 14.7. The van der Waals surface area contributed by atoms with Gasteiger partial charge in [0.05, 0.1) is 13.0 Å². The summed E-state index contributed by atoms with van der Waals surface area (Å²) in [6.45, 7) is 2.21. The number of esters is 1. The topological polar surface area (TPSA) is 55.8 Å². The van der Waals surface area contributed by atoms with Crippen molar-refractivity contribution in [1.82, 2.24) is 0 Å². The van der Waals surface area contributed by atoms with Crippen molar-refractivity contribution in [1.29, 1.82) is 0 Å². The van der Waals surface area contributed by atoms with E-state index >= 15 is 0 Å². The number of carbonyl (C=O) groups excluding carboxylic acids is 2. The zero-order valence-corrected chi connectivity index (χ0v) is 14.7. The Balaban J connectivity index is 1.59. The van der Waals surface area contributed by atoms with Crippen LogP contribution < -0.4 is 9.64 Å². The predicted molar refractivity (Wildman–Crippen MR) is 94.4 cm³/mol. The van der Waals surface area contributed by atoms with E-state index in [0.29, 0.717) is 5.56 Å². The minimum Gasteiger partial charge on any atom is -0.494 e. The molecule has 1 fully saturated rings. The highest BCUT2D eigenvalue weighted by atomic mass is 19.1. The number of rotatable bonds is 5. The van der Waals surface area contributed by atoms with Gasteiger partial charge in [0.15, 0.2) is 11.6 Å². The van der Waals surface area contributed by atoms with Crippen LogP contribution in [0.15, 0.2) is 42.5 Å². The van der Waals surface area contributed by atoms with Crippen molar-refractivity contribution in [2.45, 2.75) is 20.0 Å². The van der Waals surface area contributed by atoms with E-state index in [2.05, 4.69) is 0 Å². The summed E-state index contributed by atoms with van der Waals surface area (Å²) < 4.78 is 23.8. The lowest BCUT2D eigenvalue weighted by Crippen LogP contribution is -2.26. The molecule has 0 saturated carbocycles. The Bertz CT molecular complexity index is 819. The van der Waals surface area contributed by atoms with E-state index in [1.807, 2.05) is 31.2 Å². The first-order valence-electron chi connectivity index (χ1n) is 8.34. The Morgan fingerprint density at radius 2 is 1.96 bits per heavy atom. The van der Waals surface area contributed by atoms with E-state index in [9.17, 15) is 14.0 Å². The highest BCUT2D eigenvalue weighted by Gasteiger charge is 2.36. The molecule has 0 N–H and O–H groups in total. The maximum Gasteiger partial charge on any atom is 0.311 e. The van der Waals surface area contributed by atoms with Crippen LogP contribution in [0.1, 0.15) is 17.5 Å². The van der Waals surface area contributed by atoms with Gasteiger partial charge in [-0.3, -0.25) is 9.59 Å². The van der Waals surface area contributed by atoms with Gasteiger partial charge in [-0.1, -0.05) is 23.8 Å². The molecule has 0 aliphatic carbocycles. The third kappa shape index (κ3) is 3.85. The van der Waals surface area contributed by atoms with Gasteiger partial charge in [0.2, 0.25) is 5.91 Å². The molecular weight excluding hydrogens is 337 g/mol. The van der Waals surface area contributed by atoms with E-state index in [4.69, 9.17) is 9.47 Å². The van der Waals surface area contributed by atoms with Gasteiger partial charge in [-0.05, 0) is 36.8 Å². The fraction of sp³-hybridized carbons (Fsp3) is 0.300. The number of aryl methyl sites for hydroxylation is 1. The van der Waals surface area contributed by atoms with Gasteiger partial charge in [-0.2, -0.15) is 0 Å². The van der Waals surface area contributed by atoms with Gasteiger partial charge < -0.3 is 14.4 Å². The van der Waals surface area contributed by atoms with Gasteiger partial charge in [0, 0.05) is 18.7 Å². The normalized spacial score (nSPS) is 16.7. The van der Waals surface area contributed by atoms with Gasteiger partial charge >= 0.3 is 5.97 Å². The fourth-order valence-electron chi connectivity index (χ4n) is 2.91. The summed E-state index contributed by atoms with van der Waals surface area (Å²) in [5, 5.41) is 0. The number of amides is 1. The minimum absolute atomic E-state index is 0.0467. The third-order valence-corrected chi connectivity index (χ3v) is 4.40. The van der Waals surface area contributed by atoms with E-state index in [1.54, 1.807) is 11.0 Å². The second-order valence-electron chi connectivity index (χ2n) is 6.32. The summed E-state index contributed by atoms with van der Waals surface area (Å²) in [6.07, 6.45) is 0.115. The molecule has 2 aromatic rings. The molecule has 6 heteroatoms. The number of carbonyl (C=O) groups is 2. The van der Waals surface area contributed by atoms with Gasteiger partial charge in [0.1, 0.15) is 6.61 Å². The molecule has 26 heavy (non-hydrogen) atoms. The minimum atomic E-state index is -0.521. The first-order valence-corrected chi connectivity index (χ1v) is 8.34. The van der Waals surface area contributed by atoms with Gasteiger partial charge in [-0.15, -0.1) is 0 Å². The van der Waals surface area contributed by atoms with Crippen LogP contribution >= 0.6 is 0 Å². The lowest BCUT2D eigenvalue weighted by molar-refractivity contribution is -0.149. The lowest BCUT2D eigenvalue weighted by Gasteiger charge is -2.16. The Labute approximate surface area is 151 Å². The summed E-state index contributed by atoms with van der Waals surface area (Å²) in [4.78, 5) is 26.1. The van der Waals surface area contributed by atoms with Crippen molar-refractivity contribution in [3.63, 3.8) is 0 Å². The molecular formula is C20H20FNO4. The molecule has 5 nitrogen and oxygen atoms in total. The molecule has 0 radical (unpaired) electrons. The van der Waals surface area contributed by atoms with Crippen molar-refractivity contribution in [2.24, 2.45) is 5.92 Å². The molecule has 1 saturated heterocycles. The average Bonchev–Trinajstić information content (AvgIpc) is 3.02. The molecule has 1 aliphatic rings. The largest absolute Gasteiger partial charge is 0.494 e. The number of nitrogens with zero attached hydrogens (tertiary/aromatic N) is 1. The van der Waals surface area contributed by atoms with E-state index < -0.39 is 17.7 Å². The Morgan fingerprint density at radius 3 is 2.62 bits per heavy atom. The molecule has 0 unspecified atom stereocenters. The van der Waals surface area contributed by atoms with Crippen LogP contribution in [-0.4, -0.2) is 25.5 Å². The monoisotopic (exact) mass is 357 g/mol. The van der Waals surface area contributed by atoms with Crippen LogP contribution in [0, 0.1) is 18.7 Å². The summed E-state index contributed by atoms with van der Waals surface area (Å²) in [5.41, 5.74) is 2.40. The number of methoxy groups -OCH3 is 1. The molecule has 0 aromatic heterocycles. The third-order valence-electron chi connectivity index (χ3n) is 4.40. The van der Waals surface area contributed by atoms with Crippen LogP contribution in [0.25, 0.3) is 0 Å². The average molecular weight is 357 g/mol. The Hall–Kier alpha value is -2.89. The standard InChI is InChI=1S/C20H20FNO4/c1-13-3-6-16(7-4-13)22-11-15(10-19(22)23)20(24)26-12-14-5-8-18(25-2)17(21)9-14/h3-9,15H,10-12H2,1-2H3/t15-/m0/s1. The van der Waals surface area contributed by atoms with Crippen LogP contribution in [0.5, 0.6) is 5.75 Å². The highest BCUT2D eigenvalue weighted by molar-refractivity contribution is 5.99. The Morgan fingerprint density at radius 1 is 1.23 bits per heavy atom. The smallest absolute Gasteiger partial charge is 0.311 e. The summed E-state index contributed by atoms with van der Waals surface area (Å²) in [5.74, 6) is -1.46. The maximum absolute atomic E-state index is 13.7. The molecule has 136 valence electrons. The summed E-state index contributed by atoms with van der Waals surface area (Å²) in [7, 11) is 1.38. The molecule has 1 amide bonds. The molecule has 0 spiro atoms. The second-order valence-corrected chi connectivity index (χ2v) is 6.32. The lowest BCUT2D eigenvalue weighted by atomic mass is 10.1. The molecule has 1 aliphatic heterocycles. The molecule has 2 aromatic carbocycles. The maximum atomic E-state index is 13.7. The summed E-state index contributed by atoms with van der Waals surface area (Å²) >= 11 is 0. The molecule has 1 heterocycles. The Kier molecular flexibility index (Phi) is 5.21. The first-order chi connectivity index (χ1) is 12.5. The van der Waals surface area contributed by atoms with Crippen molar-refractivity contribution >= 4 is 17.6 Å². The molecule has 0 bridgehead atoms. The quantitative estimate of drug-likeness (QED) is 0.771. The number of benzene rings is 2. The molecule has 1 atom stereocenters. The predicted octanol–water partition coefficient (Wildman–Crippen LogP) is 3.24. The summed E-state index contributed by atoms with van der Waals surface area (Å²) in [6, 6.07) is 12.0. The van der Waals surface area contributed by atoms with Crippen molar-refractivity contribution in [3.8, 4) is 5.75 Å². The van der Waals surface area contributed by atoms with Crippen molar-refractivity contribution in [2.75, 3.05) is 18.6 Å². The van der Waals surface area contributed by atoms with Crippen LogP contribution in [0.4, 0.5) is 10.1 Å². The van der Waals surface area contributed by atoms with Crippen molar-refractivity contribution < 1.29 is 23.5 Å².